The first-order valence-corrected chi connectivity index (χ1v) is 10.5. The van der Waals surface area contributed by atoms with E-state index in [0.29, 0.717) is 17.7 Å². The zero-order valence-corrected chi connectivity index (χ0v) is 17.3. The maximum Gasteiger partial charge on any atom is 0.254 e. The molecule has 0 unspecified atom stereocenters. The van der Waals surface area contributed by atoms with Gasteiger partial charge in [-0.3, -0.25) is 14.6 Å². The molecule has 32 heavy (non-hydrogen) atoms. The van der Waals surface area contributed by atoms with E-state index in [1.54, 1.807) is 52.5 Å². The Morgan fingerprint density at radius 3 is 2.47 bits per heavy atom. The van der Waals surface area contributed by atoms with Crippen molar-refractivity contribution in [1.29, 1.82) is 0 Å². The minimum absolute atomic E-state index is 0.00685. The fraction of sp³-hybridized carbons (Fsp3) is 0.240. The van der Waals surface area contributed by atoms with Crippen LogP contribution >= 0.6 is 0 Å². The van der Waals surface area contributed by atoms with Crippen molar-refractivity contribution in [3.8, 4) is 11.1 Å². The van der Waals surface area contributed by atoms with Gasteiger partial charge in [-0.15, -0.1) is 0 Å². The number of rotatable bonds is 4. The van der Waals surface area contributed by atoms with E-state index >= 15 is 0 Å². The standard InChI is InChI=1S/C25H22FN3O3/c26-20-4-2-1-3-19(20)16-5-7-17(8-6-16)24-21-13-28(14-23(31)29(21)22(24)15-30)25(32)18-9-11-27-12-10-18/h1-12,21-22,24,30H,13-15H2/t21-,22-,24+/m1/s1. The van der Waals surface area contributed by atoms with Crippen molar-refractivity contribution in [2.24, 2.45) is 0 Å². The summed E-state index contributed by atoms with van der Waals surface area (Å²) in [5, 5.41) is 9.97. The summed E-state index contributed by atoms with van der Waals surface area (Å²) in [6, 6.07) is 16.9. The zero-order valence-electron chi connectivity index (χ0n) is 17.3. The molecule has 0 saturated carbocycles. The van der Waals surface area contributed by atoms with Crippen LogP contribution in [-0.4, -0.2) is 63.5 Å². The van der Waals surface area contributed by atoms with E-state index < -0.39 is 0 Å². The molecule has 6 nitrogen and oxygen atoms in total. The molecule has 3 heterocycles. The number of piperazine rings is 1. The summed E-state index contributed by atoms with van der Waals surface area (Å²) in [5.41, 5.74) is 2.73. The Hall–Kier alpha value is -3.58. The number of carbonyl (C=O) groups is 2. The highest BCUT2D eigenvalue weighted by Crippen LogP contribution is 2.43. The van der Waals surface area contributed by atoms with Crippen molar-refractivity contribution in [1.82, 2.24) is 14.8 Å². The van der Waals surface area contributed by atoms with Gasteiger partial charge in [0.15, 0.2) is 0 Å². The molecule has 0 aliphatic carbocycles. The van der Waals surface area contributed by atoms with Crippen LogP contribution in [-0.2, 0) is 4.79 Å². The molecule has 1 aromatic heterocycles. The molecular weight excluding hydrogens is 409 g/mol. The smallest absolute Gasteiger partial charge is 0.254 e. The number of nitrogens with zero attached hydrogens (tertiary/aromatic N) is 3. The molecule has 0 radical (unpaired) electrons. The van der Waals surface area contributed by atoms with E-state index in [1.807, 2.05) is 24.3 Å². The fourth-order valence-electron chi connectivity index (χ4n) is 4.91. The number of pyridine rings is 1. The van der Waals surface area contributed by atoms with Crippen molar-refractivity contribution in [3.63, 3.8) is 0 Å². The summed E-state index contributed by atoms with van der Waals surface area (Å²) in [7, 11) is 0. The van der Waals surface area contributed by atoms with Crippen LogP contribution in [0.25, 0.3) is 11.1 Å². The van der Waals surface area contributed by atoms with Gasteiger partial charge in [0.05, 0.1) is 18.7 Å². The van der Waals surface area contributed by atoms with Crippen LogP contribution in [0.2, 0.25) is 0 Å². The number of halogens is 1. The van der Waals surface area contributed by atoms with Gasteiger partial charge in [0.25, 0.3) is 5.91 Å². The lowest BCUT2D eigenvalue weighted by molar-refractivity contribution is -0.159. The maximum absolute atomic E-state index is 14.1. The monoisotopic (exact) mass is 431 g/mol. The molecule has 7 heteroatoms. The summed E-state index contributed by atoms with van der Waals surface area (Å²) >= 11 is 0. The van der Waals surface area contributed by atoms with Crippen LogP contribution in [0.15, 0.2) is 73.1 Å². The molecule has 2 aliphatic rings. The van der Waals surface area contributed by atoms with Crippen LogP contribution in [0, 0.1) is 5.82 Å². The first-order chi connectivity index (χ1) is 15.6. The molecule has 2 fully saturated rings. The number of aromatic nitrogens is 1. The minimum Gasteiger partial charge on any atom is -0.394 e. The van der Waals surface area contributed by atoms with Gasteiger partial charge in [-0.05, 0) is 29.3 Å². The van der Waals surface area contributed by atoms with Crippen LogP contribution in [0.4, 0.5) is 4.39 Å². The van der Waals surface area contributed by atoms with Crippen LogP contribution in [0.3, 0.4) is 0 Å². The topological polar surface area (TPSA) is 73.7 Å². The van der Waals surface area contributed by atoms with Crippen molar-refractivity contribution < 1.29 is 19.1 Å². The second kappa shape index (κ2) is 8.16. The van der Waals surface area contributed by atoms with Crippen LogP contribution < -0.4 is 0 Å². The number of hydrogen-bond acceptors (Lipinski definition) is 4. The molecule has 0 bridgehead atoms. The Morgan fingerprint density at radius 2 is 1.78 bits per heavy atom. The molecule has 5 rings (SSSR count). The highest BCUT2D eigenvalue weighted by molar-refractivity contribution is 5.97. The number of aliphatic hydroxyl groups is 1. The average molecular weight is 431 g/mol. The third-order valence-electron chi connectivity index (χ3n) is 6.45. The normalized spacial score (nSPS) is 22.3. The molecule has 2 saturated heterocycles. The Morgan fingerprint density at radius 1 is 1.06 bits per heavy atom. The van der Waals surface area contributed by atoms with Gasteiger partial charge < -0.3 is 14.9 Å². The Labute approximate surface area is 184 Å². The van der Waals surface area contributed by atoms with Crippen molar-refractivity contribution in [2.45, 2.75) is 18.0 Å². The Bertz CT molecular complexity index is 1150. The molecule has 1 N–H and O–H groups in total. The fourth-order valence-corrected chi connectivity index (χ4v) is 4.91. The lowest BCUT2D eigenvalue weighted by Gasteiger charge is -2.58. The molecular formula is C25H22FN3O3. The third-order valence-corrected chi connectivity index (χ3v) is 6.45. The Kier molecular flexibility index (Phi) is 5.19. The summed E-state index contributed by atoms with van der Waals surface area (Å²) < 4.78 is 14.1. The van der Waals surface area contributed by atoms with E-state index in [4.69, 9.17) is 0 Å². The highest BCUT2D eigenvalue weighted by Gasteiger charge is 2.54. The SMILES string of the molecule is O=C(c1ccncc1)N1CC(=O)N2[C@H](CO)[C@@H](c3ccc(-c4ccccc4F)cc3)[C@H]2C1. The maximum atomic E-state index is 14.1. The summed E-state index contributed by atoms with van der Waals surface area (Å²) in [5.74, 6) is -0.762. The molecule has 0 spiro atoms. The lowest BCUT2D eigenvalue weighted by atomic mass is 9.73. The van der Waals surface area contributed by atoms with Crippen molar-refractivity contribution in [2.75, 3.05) is 19.7 Å². The number of benzene rings is 2. The number of aliphatic hydroxyl groups excluding tert-OH is 1. The van der Waals surface area contributed by atoms with Gasteiger partial charge in [0.2, 0.25) is 5.91 Å². The third kappa shape index (κ3) is 3.35. The summed E-state index contributed by atoms with van der Waals surface area (Å²) in [4.78, 5) is 32.9. The van der Waals surface area contributed by atoms with E-state index in [1.165, 1.54) is 6.07 Å². The first kappa shape index (κ1) is 20.3. The van der Waals surface area contributed by atoms with Gasteiger partial charge in [0.1, 0.15) is 12.4 Å². The van der Waals surface area contributed by atoms with E-state index in [-0.39, 0.29) is 48.8 Å². The predicted molar refractivity (Wildman–Crippen MR) is 116 cm³/mol. The predicted octanol–water partition coefficient (Wildman–Crippen LogP) is 2.70. The molecule has 2 amide bonds. The Balaban J connectivity index is 1.40. The van der Waals surface area contributed by atoms with Gasteiger partial charge in [-0.25, -0.2) is 4.39 Å². The minimum atomic E-state index is -0.329. The summed E-state index contributed by atoms with van der Waals surface area (Å²) in [6.07, 6.45) is 3.10. The zero-order chi connectivity index (χ0) is 22.2. The second-order valence-electron chi connectivity index (χ2n) is 8.17. The summed E-state index contributed by atoms with van der Waals surface area (Å²) in [6.45, 7) is 0.233. The number of carbonyl (C=O) groups excluding carboxylic acids is 2. The van der Waals surface area contributed by atoms with Crippen LogP contribution in [0.1, 0.15) is 21.8 Å². The molecule has 3 aromatic rings. The number of amides is 2. The number of fused-ring (bicyclic) bond motifs is 1. The molecule has 2 aromatic carbocycles. The number of hydrogen-bond donors (Lipinski definition) is 1. The van der Waals surface area contributed by atoms with Gasteiger partial charge in [0, 0.05) is 36.0 Å². The van der Waals surface area contributed by atoms with Gasteiger partial charge >= 0.3 is 0 Å². The highest BCUT2D eigenvalue weighted by atomic mass is 19.1. The lowest BCUT2D eigenvalue weighted by Crippen LogP contribution is -2.73. The van der Waals surface area contributed by atoms with Gasteiger partial charge in [-0.1, -0.05) is 42.5 Å². The quantitative estimate of drug-likeness (QED) is 0.690. The molecule has 2 aliphatic heterocycles. The van der Waals surface area contributed by atoms with Crippen LogP contribution in [0.5, 0.6) is 0 Å². The van der Waals surface area contributed by atoms with Gasteiger partial charge in [-0.2, -0.15) is 0 Å². The second-order valence-corrected chi connectivity index (χ2v) is 8.17. The van der Waals surface area contributed by atoms with Crippen molar-refractivity contribution in [3.05, 3.63) is 90.0 Å². The molecule has 3 atom stereocenters. The molecule has 162 valence electrons. The average Bonchev–Trinajstić information content (AvgIpc) is 2.81. The van der Waals surface area contributed by atoms with E-state index in [0.717, 1.165) is 11.1 Å². The largest absolute Gasteiger partial charge is 0.394 e. The first-order valence-electron chi connectivity index (χ1n) is 10.5. The van der Waals surface area contributed by atoms with Crippen molar-refractivity contribution >= 4 is 11.8 Å². The van der Waals surface area contributed by atoms with E-state index in [9.17, 15) is 19.1 Å². The van der Waals surface area contributed by atoms with E-state index in [2.05, 4.69) is 4.98 Å².